The summed E-state index contributed by atoms with van der Waals surface area (Å²) in [5, 5.41) is 0. The zero-order chi connectivity index (χ0) is 20.8. The molecule has 6 heteroatoms. The van der Waals surface area contributed by atoms with Crippen LogP contribution in [0.15, 0.2) is 42.5 Å². The standard InChI is InChI=1S/C23H30FN3O2/c1-4-26(16-19-9-10-22(29-3)20(24)15-19)23(28)17-25-11-13-27(14-12-25)21-8-6-5-7-18(21)2/h5-10,15H,4,11-14,16-17H2,1-3H3. The highest BCUT2D eigenvalue weighted by Gasteiger charge is 2.22. The van der Waals surface area contributed by atoms with Crippen molar-refractivity contribution in [2.45, 2.75) is 20.4 Å². The van der Waals surface area contributed by atoms with Crippen LogP contribution in [0.3, 0.4) is 0 Å². The van der Waals surface area contributed by atoms with Crippen LogP contribution >= 0.6 is 0 Å². The summed E-state index contributed by atoms with van der Waals surface area (Å²) in [5.41, 5.74) is 3.32. The van der Waals surface area contributed by atoms with E-state index >= 15 is 0 Å². The average Bonchev–Trinajstić information content (AvgIpc) is 2.73. The summed E-state index contributed by atoms with van der Waals surface area (Å²) in [7, 11) is 1.44. The van der Waals surface area contributed by atoms with Gasteiger partial charge in [0.2, 0.25) is 5.91 Å². The molecule has 2 aromatic carbocycles. The zero-order valence-corrected chi connectivity index (χ0v) is 17.5. The maximum absolute atomic E-state index is 13.9. The molecule has 0 bridgehead atoms. The average molecular weight is 400 g/mol. The molecule has 3 rings (SSSR count). The van der Waals surface area contributed by atoms with Crippen molar-refractivity contribution in [1.82, 2.24) is 9.80 Å². The molecule has 1 aliphatic rings. The number of benzene rings is 2. The fraction of sp³-hybridized carbons (Fsp3) is 0.435. The van der Waals surface area contributed by atoms with Crippen molar-refractivity contribution in [2.24, 2.45) is 0 Å². The summed E-state index contributed by atoms with van der Waals surface area (Å²) in [6, 6.07) is 13.3. The number of carbonyl (C=O) groups is 1. The van der Waals surface area contributed by atoms with Gasteiger partial charge in [-0.05, 0) is 43.2 Å². The second-order valence-corrected chi connectivity index (χ2v) is 7.43. The van der Waals surface area contributed by atoms with Gasteiger partial charge in [-0.2, -0.15) is 0 Å². The molecule has 1 amide bonds. The molecule has 5 nitrogen and oxygen atoms in total. The Morgan fingerprint density at radius 3 is 2.48 bits per heavy atom. The first kappa shape index (κ1) is 21.1. The Bertz CT molecular complexity index is 835. The number of aryl methyl sites for hydroxylation is 1. The van der Waals surface area contributed by atoms with Crippen molar-refractivity contribution >= 4 is 11.6 Å². The Hall–Kier alpha value is -2.60. The molecule has 0 radical (unpaired) electrons. The second kappa shape index (κ2) is 9.74. The molecule has 1 aliphatic heterocycles. The number of nitrogens with zero attached hydrogens (tertiary/aromatic N) is 3. The molecule has 0 N–H and O–H groups in total. The van der Waals surface area contributed by atoms with Crippen LogP contribution in [-0.2, 0) is 11.3 Å². The maximum atomic E-state index is 13.9. The topological polar surface area (TPSA) is 36.0 Å². The largest absolute Gasteiger partial charge is 0.494 e. The summed E-state index contributed by atoms with van der Waals surface area (Å²) >= 11 is 0. The predicted octanol–water partition coefficient (Wildman–Crippen LogP) is 3.31. The first-order valence-electron chi connectivity index (χ1n) is 10.1. The number of anilines is 1. The number of ether oxygens (including phenoxy) is 1. The fourth-order valence-corrected chi connectivity index (χ4v) is 3.76. The van der Waals surface area contributed by atoms with Gasteiger partial charge in [0.1, 0.15) is 0 Å². The van der Waals surface area contributed by atoms with Crippen molar-refractivity contribution in [3.8, 4) is 5.75 Å². The fourth-order valence-electron chi connectivity index (χ4n) is 3.76. The lowest BCUT2D eigenvalue weighted by Gasteiger charge is -2.37. The maximum Gasteiger partial charge on any atom is 0.237 e. The highest BCUT2D eigenvalue weighted by Crippen LogP contribution is 2.21. The van der Waals surface area contributed by atoms with E-state index in [2.05, 4.69) is 41.0 Å². The van der Waals surface area contributed by atoms with E-state index in [9.17, 15) is 9.18 Å². The molecule has 0 saturated carbocycles. The van der Waals surface area contributed by atoms with Crippen molar-refractivity contribution < 1.29 is 13.9 Å². The van der Waals surface area contributed by atoms with Gasteiger partial charge >= 0.3 is 0 Å². The van der Waals surface area contributed by atoms with E-state index in [1.807, 2.05) is 6.92 Å². The van der Waals surface area contributed by atoms with Crippen molar-refractivity contribution in [1.29, 1.82) is 0 Å². The minimum absolute atomic E-state index is 0.0769. The molecule has 1 heterocycles. The smallest absolute Gasteiger partial charge is 0.237 e. The second-order valence-electron chi connectivity index (χ2n) is 7.43. The van der Waals surface area contributed by atoms with Crippen molar-refractivity contribution in [3.63, 3.8) is 0 Å². The first-order chi connectivity index (χ1) is 14.0. The lowest BCUT2D eigenvalue weighted by Crippen LogP contribution is -2.50. The summed E-state index contributed by atoms with van der Waals surface area (Å²) < 4.78 is 18.9. The summed E-state index contributed by atoms with van der Waals surface area (Å²) in [5.74, 6) is -0.108. The minimum Gasteiger partial charge on any atom is -0.494 e. The van der Waals surface area contributed by atoms with Gasteiger partial charge in [0.25, 0.3) is 0 Å². The van der Waals surface area contributed by atoms with Crippen LogP contribution < -0.4 is 9.64 Å². The molecule has 156 valence electrons. The zero-order valence-electron chi connectivity index (χ0n) is 17.5. The van der Waals surface area contributed by atoms with Gasteiger partial charge in [-0.25, -0.2) is 4.39 Å². The highest BCUT2D eigenvalue weighted by molar-refractivity contribution is 5.78. The van der Waals surface area contributed by atoms with E-state index in [1.165, 1.54) is 24.4 Å². The number of hydrogen-bond acceptors (Lipinski definition) is 4. The summed E-state index contributed by atoms with van der Waals surface area (Å²) in [4.78, 5) is 19.2. The number of halogens is 1. The highest BCUT2D eigenvalue weighted by atomic mass is 19.1. The number of amides is 1. The molecular formula is C23H30FN3O2. The normalized spacial score (nSPS) is 14.7. The molecule has 0 spiro atoms. The lowest BCUT2D eigenvalue weighted by atomic mass is 10.1. The molecule has 2 aromatic rings. The predicted molar refractivity (Wildman–Crippen MR) is 114 cm³/mol. The van der Waals surface area contributed by atoms with Gasteiger partial charge in [-0.3, -0.25) is 9.69 Å². The Kier molecular flexibility index (Phi) is 7.09. The number of piperazine rings is 1. The van der Waals surface area contributed by atoms with Crippen LogP contribution in [0.5, 0.6) is 5.75 Å². The van der Waals surface area contributed by atoms with Gasteiger partial charge in [0.15, 0.2) is 11.6 Å². The van der Waals surface area contributed by atoms with E-state index in [-0.39, 0.29) is 11.7 Å². The van der Waals surface area contributed by atoms with Crippen LogP contribution in [0.25, 0.3) is 0 Å². The van der Waals surface area contributed by atoms with Crippen LogP contribution in [0, 0.1) is 12.7 Å². The number of rotatable bonds is 7. The molecule has 0 atom stereocenters. The third-order valence-corrected chi connectivity index (χ3v) is 5.51. The lowest BCUT2D eigenvalue weighted by molar-refractivity contribution is -0.132. The van der Waals surface area contributed by atoms with Gasteiger partial charge in [-0.15, -0.1) is 0 Å². The summed E-state index contributed by atoms with van der Waals surface area (Å²) in [6.07, 6.45) is 0. The van der Waals surface area contributed by atoms with Gasteiger partial charge in [0, 0.05) is 45.0 Å². The number of carbonyl (C=O) groups excluding carboxylic acids is 1. The van der Waals surface area contributed by atoms with Crippen molar-refractivity contribution in [3.05, 3.63) is 59.4 Å². The molecule has 0 aromatic heterocycles. The van der Waals surface area contributed by atoms with Gasteiger partial charge in [0.05, 0.1) is 13.7 Å². The Balaban J connectivity index is 1.54. The molecule has 1 saturated heterocycles. The SMILES string of the molecule is CCN(Cc1ccc(OC)c(F)c1)C(=O)CN1CCN(c2ccccc2C)CC1. The minimum atomic E-state index is -0.402. The van der Waals surface area contributed by atoms with E-state index in [0.29, 0.717) is 19.6 Å². The Morgan fingerprint density at radius 1 is 1.14 bits per heavy atom. The van der Waals surface area contributed by atoms with E-state index < -0.39 is 5.82 Å². The van der Waals surface area contributed by atoms with Crippen molar-refractivity contribution in [2.75, 3.05) is 51.3 Å². The molecule has 29 heavy (non-hydrogen) atoms. The van der Waals surface area contributed by atoms with Crippen LogP contribution in [0.4, 0.5) is 10.1 Å². The van der Waals surface area contributed by atoms with E-state index in [0.717, 1.165) is 31.7 Å². The Labute approximate surface area is 172 Å². The summed E-state index contributed by atoms with van der Waals surface area (Å²) in [6.45, 7) is 9.01. The molecule has 1 fully saturated rings. The number of likely N-dealkylation sites (N-methyl/N-ethyl adjacent to an activating group) is 1. The number of hydrogen-bond donors (Lipinski definition) is 0. The monoisotopic (exact) mass is 399 g/mol. The molecule has 0 aliphatic carbocycles. The van der Waals surface area contributed by atoms with Crippen LogP contribution in [0.1, 0.15) is 18.1 Å². The van der Waals surface area contributed by atoms with Gasteiger partial charge in [-0.1, -0.05) is 24.3 Å². The third kappa shape index (κ3) is 5.26. The third-order valence-electron chi connectivity index (χ3n) is 5.51. The molecule has 0 unspecified atom stereocenters. The Morgan fingerprint density at radius 2 is 1.86 bits per heavy atom. The first-order valence-corrected chi connectivity index (χ1v) is 10.1. The number of methoxy groups -OCH3 is 1. The van der Waals surface area contributed by atoms with E-state index in [1.54, 1.807) is 17.0 Å². The van der Waals surface area contributed by atoms with Crippen LogP contribution in [-0.4, -0.2) is 62.1 Å². The van der Waals surface area contributed by atoms with E-state index in [4.69, 9.17) is 4.74 Å². The van der Waals surface area contributed by atoms with Gasteiger partial charge < -0.3 is 14.5 Å². The van der Waals surface area contributed by atoms with Crippen LogP contribution in [0.2, 0.25) is 0 Å². The molecular weight excluding hydrogens is 369 g/mol. The number of para-hydroxylation sites is 1. The quantitative estimate of drug-likeness (QED) is 0.716.